The summed E-state index contributed by atoms with van der Waals surface area (Å²) in [6.45, 7) is 0.730. The molecule has 0 aliphatic rings. The molecule has 2 rings (SSSR count). The van der Waals surface area contributed by atoms with Crippen LogP contribution in [0.1, 0.15) is 20.7 Å². The SMILES string of the molecule is C=CCNC(=O)c1ccccc1NC(=O)c1ccccc1OC(F)F. The molecule has 0 aliphatic heterocycles. The largest absolute Gasteiger partial charge is 0.434 e. The summed E-state index contributed by atoms with van der Waals surface area (Å²) in [5, 5.41) is 5.15. The van der Waals surface area contributed by atoms with E-state index < -0.39 is 18.4 Å². The van der Waals surface area contributed by atoms with E-state index in [0.717, 1.165) is 0 Å². The van der Waals surface area contributed by atoms with E-state index in [0.29, 0.717) is 0 Å². The van der Waals surface area contributed by atoms with Gasteiger partial charge in [-0.2, -0.15) is 8.78 Å². The second-order valence-electron chi connectivity index (χ2n) is 4.87. The van der Waals surface area contributed by atoms with Gasteiger partial charge < -0.3 is 15.4 Å². The molecule has 2 aromatic rings. The van der Waals surface area contributed by atoms with Crippen molar-refractivity contribution in [1.29, 1.82) is 0 Å². The molecule has 2 N–H and O–H groups in total. The van der Waals surface area contributed by atoms with Crippen molar-refractivity contribution in [3.05, 3.63) is 72.3 Å². The summed E-state index contributed by atoms with van der Waals surface area (Å²) >= 11 is 0. The molecule has 0 unspecified atom stereocenters. The van der Waals surface area contributed by atoms with Crippen molar-refractivity contribution in [2.24, 2.45) is 0 Å². The number of rotatable bonds is 7. The molecule has 0 aromatic heterocycles. The Morgan fingerprint density at radius 1 is 1.04 bits per heavy atom. The first-order valence-corrected chi connectivity index (χ1v) is 7.36. The zero-order chi connectivity index (χ0) is 18.2. The van der Waals surface area contributed by atoms with Crippen LogP contribution in [0.4, 0.5) is 14.5 Å². The van der Waals surface area contributed by atoms with Crippen LogP contribution in [0.3, 0.4) is 0 Å². The predicted molar refractivity (Wildman–Crippen MR) is 90.0 cm³/mol. The summed E-state index contributed by atoms with van der Waals surface area (Å²) in [5.41, 5.74) is 0.426. The predicted octanol–water partition coefficient (Wildman–Crippen LogP) is 3.46. The molecule has 0 heterocycles. The maximum Gasteiger partial charge on any atom is 0.387 e. The van der Waals surface area contributed by atoms with E-state index in [-0.39, 0.29) is 29.1 Å². The molecule has 0 saturated carbocycles. The van der Waals surface area contributed by atoms with E-state index in [2.05, 4.69) is 21.9 Å². The smallest absolute Gasteiger partial charge is 0.387 e. The van der Waals surface area contributed by atoms with Gasteiger partial charge in [0.25, 0.3) is 11.8 Å². The molecule has 0 radical (unpaired) electrons. The highest BCUT2D eigenvalue weighted by Crippen LogP contribution is 2.23. The van der Waals surface area contributed by atoms with Gasteiger partial charge in [-0.1, -0.05) is 30.3 Å². The topological polar surface area (TPSA) is 67.4 Å². The van der Waals surface area contributed by atoms with Crippen molar-refractivity contribution in [3.8, 4) is 5.75 Å². The lowest BCUT2D eigenvalue weighted by atomic mass is 10.1. The number of hydrogen-bond acceptors (Lipinski definition) is 3. The third kappa shape index (κ3) is 4.87. The van der Waals surface area contributed by atoms with Gasteiger partial charge in [0.15, 0.2) is 0 Å². The Hall–Kier alpha value is -3.22. The van der Waals surface area contributed by atoms with E-state index >= 15 is 0 Å². The molecule has 25 heavy (non-hydrogen) atoms. The fourth-order valence-electron chi connectivity index (χ4n) is 2.09. The van der Waals surface area contributed by atoms with E-state index in [1.165, 1.54) is 42.5 Å². The second kappa shape index (κ2) is 8.58. The lowest BCUT2D eigenvalue weighted by Crippen LogP contribution is -2.25. The normalized spacial score (nSPS) is 10.2. The molecule has 0 fully saturated rings. The first-order valence-electron chi connectivity index (χ1n) is 7.36. The summed E-state index contributed by atoms with van der Waals surface area (Å²) in [5.74, 6) is -1.31. The van der Waals surface area contributed by atoms with Gasteiger partial charge >= 0.3 is 6.61 Å². The van der Waals surface area contributed by atoms with Crippen LogP contribution >= 0.6 is 0 Å². The molecule has 130 valence electrons. The Morgan fingerprint density at radius 2 is 1.68 bits per heavy atom. The minimum Gasteiger partial charge on any atom is -0.434 e. The number of alkyl halides is 2. The number of nitrogens with one attached hydrogen (secondary N) is 2. The zero-order valence-corrected chi connectivity index (χ0v) is 13.2. The molecule has 5 nitrogen and oxygen atoms in total. The van der Waals surface area contributed by atoms with Gasteiger partial charge in [0.05, 0.1) is 16.8 Å². The molecule has 0 atom stereocenters. The minimum atomic E-state index is -3.05. The lowest BCUT2D eigenvalue weighted by Gasteiger charge is -2.13. The Morgan fingerprint density at radius 3 is 2.36 bits per heavy atom. The third-order valence-electron chi connectivity index (χ3n) is 3.17. The monoisotopic (exact) mass is 346 g/mol. The molecule has 2 amide bonds. The van der Waals surface area contributed by atoms with Crippen molar-refractivity contribution in [2.45, 2.75) is 6.61 Å². The second-order valence-corrected chi connectivity index (χ2v) is 4.87. The molecule has 0 spiro atoms. The third-order valence-corrected chi connectivity index (χ3v) is 3.17. The molecule has 2 aromatic carbocycles. The number of ether oxygens (including phenoxy) is 1. The molecule has 0 aliphatic carbocycles. The summed E-state index contributed by atoms with van der Waals surface area (Å²) < 4.78 is 29.3. The van der Waals surface area contributed by atoms with Gasteiger partial charge in [-0.05, 0) is 24.3 Å². The van der Waals surface area contributed by atoms with Crippen LogP contribution < -0.4 is 15.4 Å². The van der Waals surface area contributed by atoms with Crippen LogP contribution in [-0.2, 0) is 0 Å². The number of carbonyl (C=O) groups is 2. The summed E-state index contributed by atoms with van der Waals surface area (Å²) in [6.07, 6.45) is 1.52. The first-order chi connectivity index (χ1) is 12.0. The van der Waals surface area contributed by atoms with Gasteiger partial charge in [-0.15, -0.1) is 6.58 Å². The number of anilines is 1. The van der Waals surface area contributed by atoms with Crippen LogP contribution in [0.5, 0.6) is 5.75 Å². The van der Waals surface area contributed by atoms with Crippen molar-refractivity contribution in [2.75, 3.05) is 11.9 Å². The maximum absolute atomic E-state index is 12.5. The summed E-state index contributed by atoms with van der Waals surface area (Å²) in [7, 11) is 0. The average molecular weight is 346 g/mol. The molecule has 0 bridgehead atoms. The Labute approximate surface area is 143 Å². The van der Waals surface area contributed by atoms with Crippen LogP contribution in [0, 0.1) is 0 Å². The van der Waals surface area contributed by atoms with Crippen LogP contribution in [0.2, 0.25) is 0 Å². The maximum atomic E-state index is 12.5. The summed E-state index contributed by atoms with van der Waals surface area (Å²) in [6, 6.07) is 12.0. The van der Waals surface area contributed by atoms with Crippen molar-refractivity contribution in [1.82, 2.24) is 5.32 Å². The van der Waals surface area contributed by atoms with Gasteiger partial charge in [-0.3, -0.25) is 9.59 Å². The average Bonchev–Trinajstić information content (AvgIpc) is 2.60. The molecular formula is C18H16F2N2O3. The van der Waals surface area contributed by atoms with Crippen molar-refractivity contribution in [3.63, 3.8) is 0 Å². The van der Waals surface area contributed by atoms with Gasteiger partial charge in [0, 0.05) is 6.54 Å². The Bertz CT molecular complexity index is 778. The van der Waals surface area contributed by atoms with E-state index in [1.807, 2.05) is 0 Å². The number of benzene rings is 2. The highest BCUT2D eigenvalue weighted by molar-refractivity contribution is 6.10. The number of hydrogen-bond donors (Lipinski definition) is 2. The van der Waals surface area contributed by atoms with Crippen molar-refractivity contribution < 1.29 is 23.1 Å². The minimum absolute atomic E-state index is 0.0656. The van der Waals surface area contributed by atoms with Gasteiger partial charge in [0.1, 0.15) is 5.75 Å². The standard InChI is InChI=1S/C18H16F2N2O3/c1-2-11-21-16(23)12-7-3-5-9-14(12)22-17(24)13-8-4-6-10-15(13)25-18(19)20/h2-10,18H,1,11H2,(H,21,23)(H,22,24). The highest BCUT2D eigenvalue weighted by atomic mass is 19.3. The summed E-state index contributed by atoms with van der Waals surface area (Å²) in [4.78, 5) is 24.5. The Balaban J connectivity index is 2.24. The fourth-order valence-corrected chi connectivity index (χ4v) is 2.09. The highest BCUT2D eigenvalue weighted by Gasteiger charge is 2.18. The molecule has 0 saturated heterocycles. The zero-order valence-electron chi connectivity index (χ0n) is 13.2. The number of carbonyl (C=O) groups excluding carboxylic acids is 2. The number of halogens is 2. The molecule has 7 heteroatoms. The van der Waals surface area contributed by atoms with E-state index in [4.69, 9.17) is 0 Å². The fraction of sp³-hybridized carbons (Fsp3) is 0.111. The van der Waals surface area contributed by atoms with Crippen molar-refractivity contribution >= 4 is 17.5 Å². The number of amides is 2. The van der Waals surface area contributed by atoms with Crippen LogP contribution in [-0.4, -0.2) is 25.0 Å². The lowest BCUT2D eigenvalue weighted by molar-refractivity contribution is -0.0501. The quantitative estimate of drug-likeness (QED) is 0.755. The van der Waals surface area contributed by atoms with E-state index in [1.54, 1.807) is 12.1 Å². The molecular weight excluding hydrogens is 330 g/mol. The van der Waals surface area contributed by atoms with Gasteiger partial charge in [0.2, 0.25) is 0 Å². The first kappa shape index (κ1) is 18.1. The number of para-hydroxylation sites is 2. The Kier molecular flexibility index (Phi) is 6.22. The van der Waals surface area contributed by atoms with Crippen LogP contribution in [0.15, 0.2) is 61.2 Å². The van der Waals surface area contributed by atoms with E-state index in [9.17, 15) is 18.4 Å². The van der Waals surface area contributed by atoms with Gasteiger partial charge in [-0.25, -0.2) is 0 Å². The van der Waals surface area contributed by atoms with Crippen LogP contribution in [0.25, 0.3) is 0 Å².